The van der Waals surface area contributed by atoms with E-state index < -0.39 is 0 Å². The van der Waals surface area contributed by atoms with Gasteiger partial charge in [0.05, 0.1) is 16.3 Å². The second-order valence-electron chi connectivity index (χ2n) is 6.12. The van der Waals surface area contributed by atoms with Gasteiger partial charge in [0.1, 0.15) is 0 Å². The van der Waals surface area contributed by atoms with Crippen molar-refractivity contribution in [3.8, 4) is 0 Å². The topological polar surface area (TPSA) is 34.2 Å². The quantitative estimate of drug-likeness (QED) is 0.826. The van der Waals surface area contributed by atoms with Crippen molar-refractivity contribution in [2.24, 2.45) is 0 Å². The zero-order chi connectivity index (χ0) is 15.3. The Morgan fingerprint density at radius 2 is 1.95 bits per heavy atom. The minimum Gasteiger partial charge on any atom is -0.374 e. The third-order valence-electron chi connectivity index (χ3n) is 4.67. The average Bonchev–Trinajstić information content (AvgIpc) is 2.78. The van der Waals surface area contributed by atoms with Gasteiger partial charge in [-0.15, -0.1) is 11.3 Å². The molecule has 1 saturated carbocycles. The van der Waals surface area contributed by atoms with E-state index in [0.29, 0.717) is 6.04 Å². The summed E-state index contributed by atoms with van der Waals surface area (Å²) in [6.45, 7) is 10.4. The van der Waals surface area contributed by atoms with Crippen LogP contribution in [0.4, 0.5) is 0 Å². The SMILES string of the molecule is CCNC(Cc1nc(C)c(C)s1)C1(OCC)CCCCC1. The van der Waals surface area contributed by atoms with Gasteiger partial charge < -0.3 is 10.1 Å². The normalized spacial score (nSPS) is 19.6. The van der Waals surface area contributed by atoms with Gasteiger partial charge >= 0.3 is 0 Å². The van der Waals surface area contributed by atoms with E-state index in [1.54, 1.807) is 0 Å². The average molecular weight is 311 g/mol. The zero-order valence-corrected chi connectivity index (χ0v) is 14.8. The number of thiazole rings is 1. The van der Waals surface area contributed by atoms with E-state index in [9.17, 15) is 0 Å². The highest BCUT2D eigenvalue weighted by molar-refractivity contribution is 7.11. The number of ether oxygens (including phenoxy) is 1. The first-order valence-electron chi connectivity index (χ1n) is 8.41. The smallest absolute Gasteiger partial charge is 0.0947 e. The van der Waals surface area contributed by atoms with Gasteiger partial charge in [0, 0.05) is 23.9 Å². The van der Waals surface area contributed by atoms with Crippen LogP contribution in [0.3, 0.4) is 0 Å². The molecular formula is C17H30N2OS. The standard InChI is InChI=1S/C17H30N2OS/c1-5-18-15(12-16-19-13(3)14(4)21-16)17(20-6-2)10-8-7-9-11-17/h15,18H,5-12H2,1-4H3. The number of hydrogen-bond donors (Lipinski definition) is 1. The fourth-order valence-electron chi connectivity index (χ4n) is 3.52. The molecular weight excluding hydrogens is 280 g/mol. The van der Waals surface area contributed by atoms with E-state index in [-0.39, 0.29) is 5.60 Å². The van der Waals surface area contributed by atoms with Crippen LogP contribution in [0.5, 0.6) is 0 Å². The lowest BCUT2D eigenvalue weighted by atomic mass is 9.78. The van der Waals surface area contributed by atoms with Gasteiger partial charge in [0.2, 0.25) is 0 Å². The minimum absolute atomic E-state index is 0.0104. The first kappa shape index (κ1) is 16.9. The molecule has 21 heavy (non-hydrogen) atoms. The van der Waals surface area contributed by atoms with Crippen LogP contribution in [0.25, 0.3) is 0 Å². The van der Waals surface area contributed by atoms with Gasteiger partial charge in [-0.25, -0.2) is 4.98 Å². The summed E-state index contributed by atoms with van der Waals surface area (Å²) in [6.07, 6.45) is 7.29. The Morgan fingerprint density at radius 1 is 1.24 bits per heavy atom. The van der Waals surface area contributed by atoms with Crippen molar-refractivity contribution >= 4 is 11.3 Å². The molecule has 2 rings (SSSR count). The summed E-state index contributed by atoms with van der Waals surface area (Å²) in [6, 6.07) is 0.382. The van der Waals surface area contributed by atoms with E-state index in [0.717, 1.165) is 19.6 Å². The molecule has 0 saturated heterocycles. The van der Waals surface area contributed by atoms with Crippen molar-refractivity contribution in [2.45, 2.75) is 77.9 Å². The van der Waals surface area contributed by atoms with Crippen molar-refractivity contribution in [2.75, 3.05) is 13.2 Å². The summed E-state index contributed by atoms with van der Waals surface area (Å²) in [5, 5.41) is 4.95. The molecule has 1 fully saturated rings. The number of rotatable bonds is 7. The van der Waals surface area contributed by atoms with E-state index in [1.165, 1.54) is 47.7 Å². The maximum absolute atomic E-state index is 6.31. The maximum atomic E-state index is 6.31. The number of nitrogens with one attached hydrogen (secondary N) is 1. The number of hydrogen-bond acceptors (Lipinski definition) is 4. The molecule has 1 unspecified atom stereocenters. The van der Waals surface area contributed by atoms with Crippen molar-refractivity contribution < 1.29 is 4.74 Å². The molecule has 1 N–H and O–H groups in total. The van der Waals surface area contributed by atoms with Crippen molar-refractivity contribution in [1.82, 2.24) is 10.3 Å². The van der Waals surface area contributed by atoms with Crippen LogP contribution in [0, 0.1) is 13.8 Å². The molecule has 1 aromatic heterocycles. The van der Waals surface area contributed by atoms with Crippen LogP contribution < -0.4 is 5.32 Å². The zero-order valence-electron chi connectivity index (χ0n) is 14.0. The number of aryl methyl sites for hydroxylation is 2. The molecule has 1 aliphatic carbocycles. The third-order valence-corrected chi connectivity index (χ3v) is 5.76. The molecule has 1 aromatic rings. The largest absolute Gasteiger partial charge is 0.374 e. The lowest BCUT2D eigenvalue weighted by Gasteiger charge is -2.43. The highest BCUT2D eigenvalue weighted by Crippen LogP contribution is 2.36. The number of nitrogens with zero attached hydrogens (tertiary/aromatic N) is 1. The predicted molar refractivity (Wildman–Crippen MR) is 90.2 cm³/mol. The molecule has 4 heteroatoms. The highest BCUT2D eigenvalue weighted by atomic mass is 32.1. The molecule has 0 amide bonds. The molecule has 3 nitrogen and oxygen atoms in total. The fraction of sp³-hybridized carbons (Fsp3) is 0.824. The molecule has 0 aliphatic heterocycles. The molecule has 1 aliphatic rings. The van der Waals surface area contributed by atoms with Gasteiger partial charge in [-0.05, 0) is 40.2 Å². The van der Waals surface area contributed by atoms with Crippen molar-refractivity contribution in [1.29, 1.82) is 0 Å². The van der Waals surface area contributed by atoms with Crippen molar-refractivity contribution in [3.63, 3.8) is 0 Å². The van der Waals surface area contributed by atoms with Gasteiger partial charge in [0.25, 0.3) is 0 Å². The molecule has 1 atom stereocenters. The summed E-state index contributed by atoms with van der Waals surface area (Å²) < 4.78 is 6.31. The second-order valence-corrected chi connectivity index (χ2v) is 7.41. The van der Waals surface area contributed by atoms with E-state index in [1.807, 2.05) is 11.3 Å². The Bertz CT molecular complexity index is 413. The molecule has 0 spiro atoms. The predicted octanol–water partition coefficient (Wildman–Crippen LogP) is 4.02. The van der Waals surface area contributed by atoms with Gasteiger partial charge in [0.15, 0.2) is 0 Å². The van der Waals surface area contributed by atoms with Crippen LogP contribution in [-0.2, 0) is 11.2 Å². The van der Waals surface area contributed by atoms with Gasteiger partial charge in [-0.2, -0.15) is 0 Å². The van der Waals surface area contributed by atoms with Gasteiger partial charge in [-0.3, -0.25) is 0 Å². The van der Waals surface area contributed by atoms with Gasteiger partial charge in [-0.1, -0.05) is 26.2 Å². The molecule has 0 radical (unpaired) electrons. The first-order chi connectivity index (χ1) is 10.1. The first-order valence-corrected chi connectivity index (χ1v) is 9.23. The summed E-state index contributed by atoms with van der Waals surface area (Å²) in [7, 11) is 0. The minimum atomic E-state index is 0.0104. The lowest BCUT2D eigenvalue weighted by molar-refractivity contribution is -0.0894. The number of likely N-dealkylation sites (N-methyl/N-ethyl adjacent to an activating group) is 1. The Morgan fingerprint density at radius 3 is 2.48 bits per heavy atom. The van der Waals surface area contributed by atoms with E-state index in [2.05, 4.69) is 33.0 Å². The number of aromatic nitrogens is 1. The Kier molecular flexibility index (Phi) is 6.20. The molecule has 1 heterocycles. The summed E-state index contributed by atoms with van der Waals surface area (Å²) in [5.41, 5.74) is 1.19. The van der Waals surface area contributed by atoms with Crippen LogP contribution in [0.15, 0.2) is 0 Å². The maximum Gasteiger partial charge on any atom is 0.0947 e. The monoisotopic (exact) mass is 310 g/mol. The van der Waals surface area contributed by atoms with Crippen LogP contribution in [-0.4, -0.2) is 29.8 Å². The fourth-order valence-corrected chi connectivity index (χ4v) is 4.50. The van der Waals surface area contributed by atoms with E-state index >= 15 is 0 Å². The Hall–Kier alpha value is -0.450. The summed E-state index contributed by atoms with van der Waals surface area (Å²) in [4.78, 5) is 6.08. The second kappa shape index (κ2) is 7.70. The summed E-state index contributed by atoms with van der Waals surface area (Å²) in [5.74, 6) is 0. The molecule has 120 valence electrons. The van der Waals surface area contributed by atoms with Crippen LogP contribution in [0.1, 0.15) is 61.5 Å². The van der Waals surface area contributed by atoms with Crippen molar-refractivity contribution in [3.05, 3.63) is 15.6 Å². The molecule has 0 aromatic carbocycles. The lowest BCUT2D eigenvalue weighted by Crippen LogP contribution is -2.54. The van der Waals surface area contributed by atoms with Crippen LogP contribution >= 0.6 is 11.3 Å². The highest BCUT2D eigenvalue weighted by Gasteiger charge is 2.40. The molecule has 0 bridgehead atoms. The van der Waals surface area contributed by atoms with E-state index in [4.69, 9.17) is 9.72 Å². The third kappa shape index (κ3) is 4.05. The van der Waals surface area contributed by atoms with Crippen LogP contribution in [0.2, 0.25) is 0 Å². The Balaban J connectivity index is 2.18. The Labute approximate surface area is 133 Å². The summed E-state index contributed by atoms with van der Waals surface area (Å²) >= 11 is 1.84.